The van der Waals surface area contributed by atoms with Gasteiger partial charge in [0, 0.05) is 6.07 Å². The molecular formula is C12H14Cl2N2. The minimum Gasteiger partial charge on any atom is -1.00 e. The maximum absolute atomic E-state index is 4.30. The second-order valence-electron chi connectivity index (χ2n) is 3.47. The predicted molar refractivity (Wildman–Crippen MR) is 62.5 cm³/mol. The van der Waals surface area contributed by atoms with Gasteiger partial charge in [-0.1, -0.05) is 0 Å². The molecule has 0 atom stereocenters. The van der Waals surface area contributed by atoms with Crippen LogP contribution in [0.1, 0.15) is 11.1 Å². The molecule has 0 radical (unpaired) electrons. The van der Waals surface area contributed by atoms with Crippen LogP contribution in [0.15, 0.2) is 42.9 Å². The number of rotatable bonds is 1. The Morgan fingerprint density at radius 1 is 1.00 bits per heavy atom. The third-order valence-corrected chi connectivity index (χ3v) is 2.16. The van der Waals surface area contributed by atoms with Gasteiger partial charge in [-0.15, -0.1) is 12.4 Å². The molecule has 0 N–H and O–H groups in total. The van der Waals surface area contributed by atoms with E-state index in [1.165, 1.54) is 11.1 Å². The van der Waals surface area contributed by atoms with E-state index in [4.69, 9.17) is 0 Å². The molecule has 2 aromatic heterocycles. The molecule has 0 aliphatic carbocycles. The van der Waals surface area contributed by atoms with Crippen molar-refractivity contribution in [2.75, 3.05) is 0 Å². The summed E-state index contributed by atoms with van der Waals surface area (Å²) in [6, 6.07) is 8.21. The van der Waals surface area contributed by atoms with Gasteiger partial charge in [-0.25, -0.2) is 4.57 Å². The fourth-order valence-electron chi connectivity index (χ4n) is 1.32. The molecule has 2 nitrogen and oxygen atoms in total. The van der Waals surface area contributed by atoms with Crippen molar-refractivity contribution in [1.29, 1.82) is 0 Å². The summed E-state index contributed by atoms with van der Waals surface area (Å²) in [5.74, 6) is 0.963. The van der Waals surface area contributed by atoms with Crippen LogP contribution in [0.4, 0.5) is 0 Å². The predicted octanol–water partition coefficient (Wildman–Crippen LogP) is -0.599. The number of hydrogen-bond acceptors (Lipinski definition) is 1. The number of hydrogen-bond donors (Lipinski definition) is 0. The first-order chi connectivity index (χ1) is 6.75. The molecule has 0 unspecified atom stereocenters. The number of halogens is 2. The Bertz CT molecular complexity index is 441. The summed E-state index contributed by atoms with van der Waals surface area (Å²) in [4.78, 5) is 4.30. The molecule has 2 heterocycles. The van der Waals surface area contributed by atoms with E-state index >= 15 is 0 Å². The normalized spacial score (nSPS) is 8.88. The molecule has 16 heavy (non-hydrogen) atoms. The Morgan fingerprint density at radius 3 is 2.19 bits per heavy atom. The van der Waals surface area contributed by atoms with Gasteiger partial charge < -0.3 is 12.4 Å². The molecule has 0 aliphatic rings. The summed E-state index contributed by atoms with van der Waals surface area (Å²) < 4.78 is 2.01. The Hall–Kier alpha value is -1.12. The van der Waals surface area contributed by atoms with Crippen LogP contribution in [0.5, 0.6) is 0 Å². The smallest absolute Gasteiger partial charge is 0.327 e. The molecule has 2 rings (SSSR count). The lowest BCUT2D eigenvalue weighted by Crippen LogP contribution is -3.00. The number of aromatic nitrogens is 2. The molecule has 2 aromatic rings. The quantitative estimate of drug-likeness (QED) is 0.623. The van der Waals surface area contributed by atoms with Crippen molar-refractivity contribution in [3.8, 4) is 5.82 Å². The molecule has 0 spiro atoms. The van der Waals surface area contributed by atoms with Crippen LogP contribution < -0.4 is 17.0 Å². The van der Waals surface area contributed by atoms with Crippen LogP contribution in [0.3, 0.4) is 0 Å². The number of nitrogens with zero attached hydrogens (tertiary/aromatic N) is 2. The van der Waals surface area contributed by atoms with Crippen molar-refractivity contribution >= 4 is 12.4 Å². The average molecular weight is 257 g/mol. The average Bonchev–Trinajstić information content (AvgIpc) is 2.19. The largest absolute Gasteiger partial charge is 1.00 e. The zero-order chi connectivity index (χ0) is 9.97. The highest BCUT2D eigenvalue weighted by Crippen LogP contribution is 1.99. The lowest BCUT2D eigenvalue weighted by Gasteiger charge is -1.96. The summed E-state index contributed by atoms with van der Waals surface area (Å²) >= 11 is 0. The summed E-state index contributed by atoms with van der Waals surface area (Å²) in [5, 5.41) is 0. The summed E-state index contributed by atoms with van der Waals surface area (Å²) in [6.07, 6.45) is 5.88. The van der Waals surface area contributed by atoms with Gasteiger partial charge in [0.2, 0.25) is 0 Å². The highest BCUT2D eigenvalue weighted by atomic mass is 35.5. The van der Waals surface area contributed by atoms with E-state index < -0.39 is 0 Å². The van der Waals surface area contributed by atoms with Crippen molar-refractivity contribution < 1.29 is 17.0 Å². The molecule has 0 aromatic carbocycles. The fourth-order valence-corrected chi connectivity index (χ4v) is 1.32. The minimum absolute atomic E-state index is 0. The van der Waals surface area contributed by atoms with Gasteiger partial charge in [0.1, 0.15) is 6.20 Å². The lowest BCUT2D eigenvalue weighted by atomic mass is 10.3. The first-order valence-electron chi connectivity index (χ1n) is 4.67. The molecule has 86 valence electrons. The van der Waals surface area contributed by atoms with Gasteiger partial charge in [0.25, 0.3) is 0 Å². The molecule has 0 aliphatic heterocycles. The van der Waals surface area contributed by atoms with E-state index in [-0.39, 0.29) is 24.8 Å². The van der Waals surface area contributed by atoms with Crippen molar-refractivity contribution in [2.45, 2.75) is 13.8 Å². The molecular weight excluding hydrogens is 243 g/mol. The van der Waals surface area contributed by atoms with Crippen LogP contribution in [-0.2, 0) is 0 Å². The van der Waals surface area contributed by atoms with Crippen LogP contribution in [-0.4, -0.2) is 4.98 Å². The third kappa shape index (κ3) is 3.47. The van der Waals surface area contributed by atoms with Crippen LogP contribution >= 0.6 is 12.4 Å². The van der Waals surface area contributed by atoms with E-state index in [2.05, 4.69) is 37.0 Å². The Morgan fingerprint density at radius 2 is 1.62 bits per heavy atom. The number of pyridine rings is 2. The first kappa shape index (κ1) is 14.9. The topological polar surface area (TPSA) is 16.8 Å². The SMILES string of the molecule is Cc1cc[n+](-c2cc(C)ccn2)cc1.Cl.[Cl-]. The fraction of sp³-hybridized carbons (Fsp3) is 0.167. The summed E-state index contributed by atoms with van der Waals surface area (Å²) in [5.41, 5.74) is 2.48. The zero-order valence-electron chi connectivity index (χ0n) is 9.22. The van der Waals surface area contributed by atoms with Crippen molar-refractivity contribution in [3.63, 3.8) is 0 Å². The number of aryl methyl sites for hydroxylation is 2. The van der Waals surface area contributed by atoms with Crippen LogP contribution in [0, 0.1) is 13.8 Å². The minimum atomic E-state index is 0. The molecule has 0 fully saturated rings. The van der Waals surface area contributed by atoms with E-state index in [9.17, 15) is 0 Å². The van der Waals surface area contributed by atoms with Gasteiger partial charge >= 0.3 is 5.82 Å². The second-order valence-corrected chi connectivity index (χ2v) is 3.47. The maximum atomic E-state index is 4.30. The second kappa shape index (κ2) is 6.46. The van der Waals surface area contributed by atoms with E-state index in [1.54, 1.807) is 0 Å². The molecule has 0 saturated carbocycles. The Kier molecular flexibility index (Phi) is 6.01. The van der Waals surface area contributed by atoms with Crippen LogP contribution in [0.2, 0.25) is 0 Å². The van der Waals surface area contributed by atoms with Crippen molar-refractivity contribution in [2.24, 2.45) is 0 Å². The maximum Gasteiger partial charge on any atom is 0.327 e. The van der Waals surface area contributed by atoms with Crippen molar-refractivity contribution in [1.82, 2.24) is 4.98 Å². The van der Waals surface area contributed by atoms with Gasteiger partial charge in [-0.05, 0) is 48.2 Å². The van der Waals surface area contributed by atoms with Gasteiger partial charge in [-0.3, -0.25) is 0 Å². The lowest BCUT2D eigenvalue weighted by molar-refractivity contribution is -0.599. The van der Waals surface area contributed by atoms with Gasteiger partial charge in [0.05, 0.1) is 12.4 Å². The Balaban J connectivity index is 0.00000112. The van der Waals surface area contributed by atoms with Crippen LogP contribution in [0.25, 0.3) is 5.82 Å². The van der Waals surface area contributed by atoms with Gasteiger partial charge in [-0.2, -0.15) is 0 Å². The monoisotopic (exact) mass is 256 g/mol. The summed E-state index contributed by atoms with van der Waals surface area (Å²) in [7, 11) is 0. The van der Waals surface area contributed by atoms with Gasteiger partial charge in [0.15, 0.2) is 0 Å². The Labute approximate surface area is 108 Å². The summed E-state index contributed by atoms with van der Waals surface area (Å²) in [6.45, 7) is 4.15. The highest BCUT2D eigenvalue weighted by Gasteiger charge is 2.05. The van der Waals surface area contributed by atoms with E-state index in [1.807, 2.05) is 29.2 Å². The zero-order valence-corrected chi connectivity index (χ0v) is 10.8. The highest BCUT2D eigenvalue weighted by molar-refractivity contribution is 5.85. The molecule has 4 heteroatoms. The van der Waals surface area contributed by atoms with Crippen molar-refractivity contribution in [3.05, 3.63) is 54.0 Å². The van der Waals surface area contributed by atoms with E-state index in [0.29, 0.717) is 0 Å². The standard InChI is InChI=1S/C12H13N2.2ClH/c1-10-4-7-14(8-5-10)12-9-11(2)3-6-13-12;;/h3-9H,1-2H3;2*1H/q+1;;/p-1. The first-order valence-corrected chi connectivity index (χ1v) is 4.67. The molecule has 0 amide bonds. The third-order valence-electron chi connectivity index (χ3n) is 2.16. The molecule has 0 bridgehead atoms. The van der Waals surface area contributed by atoms with E-state index in [0.717, 1.165) is 5.82 Å². The molecule has 0 saturated heterocycles.